The molecule has 45 heavy (non-hydrogen) atoms. The Kier molecular flexibility index (Phi) is 12.4. The van der Waals surface area contributed by atoms with E-state index < -0.39 is 37.0 Å². The second kappa shape index (κ2) is 16.4. The predicted octanol–water partition coefficient (Wildman–Crippen LogP) is 3.27. The van der Waals surface area contributed by atoms with Crippen molar-refractivity contribution in [2.24, 2.45) is 5.92 Å². The molecule has 2 aromatic heterocycles. The lowest BCUT2D eigenvalue weighted by atomic mass is 9.77. The number of oxazole rings is 1. The summed E-state index contributed by atoms with van der Waals surface area (Å²) in [4.78, 5) is 19.8. The van der Waals surface area contributed by atoms with Crippen molar-refractivity contribution in [1.29, 1.82) is 0 Å². The number of pyridine rings is 1. The average molecular weight is 621 g/mol. The van der Waals surface area contributed by atoms with E-state index in [2.05, 4.69) is 39.6 Å². The van der Waals surface area contributed by atoms with Gasteiger partial charge in [0.1, 0.15) is 23.8 Å². The van der Waals surface area contributed by atoms with Crippen molar-refractivity contribution >= 4 is 28.8 Å². The van der Waals surface area contributed by atoms with Crippen LogP contribution < -0.4 is 10.4 Å². The third-order valence-corrected chi connectivity index (χ3v) is 8.20. The zero-order valence-electron chi connectivity index (χ0n) is 25.3. The number of aromatic nitrogens is 2. The van der Waals surface area contributed by atoms with Gasteiger partial charge in [-0.05, 0) is 80.2 Å². The lowest BCUT2D eigenvalue weighted by Gasteiger charge is -2.29. The van der Waals surface area contributed by atoms with Crippen LogP contribution in [0.4, 0.5) is 11.7 Å². The molecule has 242 valence electrons. The van der Waals surface area contributed by atoms with Gasteiger partial charge in [-0.2, -0.15) is 4.98 Å². The molecule has 11 nitrogen and oxygen atoms in total. The van der Waals surface area contributed by atoms with Crippen LogP contribution in [-0.2, 0) is 4.79 Å². The molecule has 4 atom stereocenters. The van der Waals surface area contributed by atoms with Crippen LogP contribution in [0.15, 0.2) is 71.3 Å². The van der Waals surface area contributed by atoms with Crippen molar-refractivity contribution < 1.29 is 39.9 Å². The van der Waals surface area contributed by atoms with Crippen LogP contribution >= 0.6 is 0 Å². The molecule has 1 fully saturated rings. The summed E-state index contributed by atoms with van der Waals surface area (Å²) in [6.45, 7) is 1.18. The number of aliphatic hydroxyl groups excluding tert-OH is 5. The van der Waals surface area contributed by atoms with Crippen LogP contribution in [0.2, 0.25) is 0 Å². The van der Waals surface area contributed by atoms with E-state index in [0.29, 0.717) is 24.8 Å². The summed E-state index contributed by atoms with van der Waals surface area (Å²) >= 11 is 0. The molecular formula is C34H42N3O8-. The highest BCUT2D eigenvalue weighted by Crippen LogP contribution is 2.37. The molecule has 11 heteroatoms. The predicted molar refractivity (Wildman–Crippen MR) is 167 cm³/mol. The smallest absolute Gasteiger partial charge is 0.300 e. The van der Waals surface area contributed by atoms with Crippen LogP contribution in [0.3, 0.4) is 0 Å². The third kappa shape index (κ3) is 9.56. The first kappa shape index (κ1) is 34.0. The Bertz CT molecular complexity index is 1440. The fraction of sp³-hybridized carbons (Fsp3) is 0.441. The van der Waals surface area contributed by atoms with E-state index >= 15 is 0 Å². The highest BCUT2D eigenvalue weighted by molar-refractivity contribution is 5.75. The zero-order chi connectivity index (χ0) is 32.3. The molecule has 0 amide bonds. The number of rotatable bonds is 12. The standard InChI is InChI=1S/C26H25N3O3.C8H18O5/c30-25(31)15-17-5-7-18(8-6-17)19-9-11-20(12-10-19)22-14-13-21(16-27-22)28-26-29-23-3-1-2-4-24(23)32-26;1-2-3-5(10)7(12)8(13)6(11)4-9/h1-4,9-14,16-18H,5-8,15H2,(H,28,29)(H,30,31);5-13H,2-4H2,1H3/p-1/t;5-,6+,7+,8+/m.0/s1. The van der Waals surface area contributed by atoms with Gasteiger partial charge in [-0.3, -0.25) is 4.98 Å². The van der Waals surface area contributed by atoms with E-state index in [4.69, 9.17) is 19.7 Å². The monoisotopic (exact) mass is 620 g/mol. The maximum absolute atomic E-state index is 10.8. The van der Waals surface area contributed by atoms with E-state index in [1.54, 1.807) is 6.20 Å². The Morgan fingerprint density at radius 2 is 1.64 bits per heavy atom. The minimum atomic E-state index is -1.51. The number of benzene rings is 2. The van der Waals surface area contributed by atoms with Gasteiger partial charge >= 0.3 is 0 Å². The lowest BCUT2D eigenvalue weighted by molar-refractivity contribution is -0.307. The van der Waals surface area contributed by atoms with Gasteiger partial charge in [0.05, 0.1) is 30.3 Å². The topological polar surface area (TPSA) is 192 Å². The van der Waals surface area contributed by atoms with E-state index in [9.17, 15) is 20.1 Å². The molecule has 1 aliphatic carbocycles. The van der Waals surface area contributed by atoms with Crippen molar-refractivity contribution in [1.82, 2.24) is 9.97 Å². The SMILES string of the molecule is CCC[C@H](O)[C@@H](O)[C@H](O)[C@H](O)CO.O=C([O-])CC1CCC(c2ccc(-c3ccc(Nc4nc5ccccc5o4)cn3)cc2)CC1. The fourth-order valence-corrected chi connectivity index (χ4v) is 5.58. The van der Waals surface area contributed by atoms with Gasteiger partial charge in [0, 0.05) is 11.5 Å². The highest BCUT2D eigenvalue weighted by Gasteiger charge is 2.29. The Labute approximate surface area is 262 Å². The minimum Gasteiger partial charge on any atom is -0.550 e. The molecule has 2 aromatic carbocycles. The number of carboxylic acids is 1. The number of nitrogens with zero attached hydrogens (tertiary/aromatic N) is 2. The molecule has 0 unspecified atom stereocenters. The molecule has 1 saturated carbocycles. The Hall–Kier alpha value is -3.87. The molecule has 0 bridgehead atoms. The molecule has 0 aliphatic heterocycles. The molecule has 0 radical (unpaired) electrons. The maximum atomic E-state index is 10.8. The number of hydrogen-bond donors (Lipinski definition) is 6. The molecule has 4 aromatic rings. The Morgan fingerprint density at radius 1 is 0.956 bits per heavy atom. The first-order chi connectivity index (χ1) is 21.7. The maximum Gasteiger partial charge on any atom is 0.300 e. The van der Waals surface area contributed by atoms with Crippen LogP contribution in [-0.4, -0.2) is 72.5 Å². The number of nitrogens with one attached hydrogen (secondary N) is 1. The molecule has 2 heterocycles. The fourth-order valence-electron chi connectivity index (χ4n) is 5.58. The number of carboxylic acid groups (broad SMARTS) is 1. The summed E-state index contributed by atoms with van der Waals surface area (Å²) in [7, 11) is 0. The summed E-state index contributed by atoms with van der Waals surface area (Å²) in [5.74, 6) is -0.167. The minimum absolute atomic E-state index is 0.189. The number of carbonyl (C=O) groups excluding carboxylic acids is 1. The van der Waals surface area contributed by atoms with Crippen LogP contribution in [0.25, 0.3) is 22.4 Å². The number of hydrogen-bond acceptors (Lipinski definition) is 11. The summed E-state index contributed by atoms with van der Waals surface area (Å²) < 4.78 is 5.70. The summed E-state index contributed by atoms with van der Waals surface area (Å²) in [5, 5.41) is 59.0. The van der Waals surface area contributed by atoms with Crippen LogP contribution in [0, 0.1) is 5.92 Å². The average Bonchev–Trinajstić information content (AvgIpc) is 3.47. The second-order valence-electron chi connectivity index (χ2n) is 11.5. The van der Waals surface area contributed by atoms with Gasteiger partial charge in [-0.15, -0.1) is 0 Å². The quantitative estimate of drug-likeness (QED) is 0.136. The number of aliphatic carboxylic acids is 1. The number of para-hydroxylation sites is 2. The van der Waals surface area contributed by atoms with Gasteiger partial charge < -0.3 is 45.2 Å². The lowest BCUT2D eigenvalue weighted by Crippen LogP contribution is -2.45. The number of fused-ring (bicyclic) bond motifs is 1. The van der Waals surface area contributed by atoms with Crippen molar-refractivity contribution in [3.63, 3.8) is 0 Å². The molecule has 5 rings (SSSR count). The first-order valence-corrected chi connectivity index (χ1v) is 15.4. The molecule has 6 N–H and O–H groups in total. The summed E-state index contributed by atoms with van der Waals surface area (Å²) in [5.41, 5.74) is 5.64. The first-order valence-electron chi connectivity index (χ1n) is 15.4. The van der Waals surface area contributed by atoms with E-state index in [1.807, 2.05) is 43.3 Å². The Balaban J connectivity index is 0.000000302. The van der Waals surface area contributed by atoms with Gasteiger partial charge in [0.25, 0.3) is 6.01 Å². The largest absolute Gasteiger partial charge is 0.550 e. The van der Waals surface area contributed by atoms with Gasteiger partial charge in [0.15, 0.2) is 5.58 Å². The number of anilines is 2. The molecule has 0 spiro atoms. The van der Waals surface area contributed by atoms with Crippen molar-refractivity contribution in [2.45, 2.75) is 82.2 Å². The molecule has 0 saturated heterocycles. The number of carbonyl (C=O) groups is 1. The highest BCUT2D eigenvalue weighted by atomic mass is 16.4. The van der Waals surface area contributed by atoms with Gasteiger partial charge in [0.2, 0.25) is 0 Å². The Morgan fingerprint density at radius 3 is 2.24 bits per heavy atom. The van der Waals surface area contributed by atoms with E-state index in [0.717, 1.165) is 53.7 Å². The third-order valence-electron chi connectivity index (χ3n) is 8.20. The van der Waals surface area contributed by atoms with Gasteiger partial charge in [-0.25, -0.2) is 0 Å². The van der Waals surface area contributed by atoms with Crippen LogP contribution in [0.1, 0.15) is 63.4 Å². The summed E-state index contributed by atoms with van der Waals surface area (Å²) in [6.07, 6.45) is 1.54. The van der Waals surface area contributed by atoms with Crippen molar-refractivity contribution in [3.05, 3.63) is 72.4 Å². The molecular weight excluding hydrogens is 578 g/mol. The van der Waals surface area contributed by atoms with Crippen molar-refractivity contribution in [2.75, 3.05) is 11.9 Å². The van der Waals surface area contributed by atoms with E-state index in [-0.39, 0.29) is 12.3 Å². The normalized spacial score (nSPS) is 19.2. The van der Waals surface area contributed by atoms with Crippen LogP contribution in [0.5, 0.6) is 0 Å². The zero-order valence-corrected chi connectivity index (χ0v) is 25.3. The number of aliphatic hydroxyl groups is 5. The summed E-state index contributed by atoms with van der Waals surface area (Å²) in [6, 6.07) is 20.6. The second-order valence-corrected chi connectivity index (χ2v) is 11.5. The van der Waals surface area contributed by atoms with Gasteiger partial charge in [-0.1, -0.05) is 49.7 Å². The van der Waals surface area contributed by atoms with Crippen molar-refractivity contribution in [3.8, 4) is 11.3 Å². The van der Waals surface area contributed by atoms with E-state index in [1.165, 1.54) is 5.56 Å². The molecule has 1 aliphatic rings.